The number of rotatable bonds is 7. The van der Waals surface area contributed by atoms with Crippen molar-refractivity contribution in [2.75, 3.05) is 19.7 Å². The summed E-state index contributed by atoms with van der Waals surface area (Å²) in [6.45, 7) is -0.552. The van der Waals surface area contributed by atoms with E-state index in [-0.39, 0.29) is 23.9 Å². The van der Waals surface area contributed by atoms with Gasteiger partial charge in [-0.05, 0) is 22.9 Å². The number of amides is 2. The molecule has 0 aliphatic heterocycles. The third kappa shape index (κ3) is 4.41. The molecular weight excluding hydrogens is 372 g/mol. The Balaban J connectivity index is 2.14. The second kappa shape index (κ2) is 8.38. The van der Waals surface area contributed by atoms with E-state index in [0.717, 1.165) is 11.3 Å². The molecule has 2 amide bonds. The van der Waals surface area contributed by atoms with Gasteiger partial charge in [0.15, 0.2) is 9.84 Å². The maximum Gasteiger partial charge on any atom is 0.309 e. The molecule has 0 aliphatic rings. The van der Waals surface area contributed by atoms with E-state index in [1.54, 1.807) is 29.0 Å². The predicted molar refractivity (Wildman–Crippen MR) is 91.7 cm³/mol. The minimum Gasteiger partial charge on any atom is -0.395 e. The van der Waals surface area contributed by atoms with Gasteiger partial charge in [-0.2, -0.15) is 0 Å². The van der Waals surface area contributed by atoms with E-state index >= 15 is 0 Å². The van der Waals surface area contributed by atoms with Crippen molar-refractivity contribution in [2.45, 2.75) is 9.46 Å². The summed E-state index contributed by atoms with van der Waals surface area (Å²) >= 11 is 2.37. The van der Waals surface area contributed by atoms with Crippen LogP contribution in [0.3, 0.4) is 0 Å². The van der Waals surface area contributed by atoms with E-state index < -0.39 is 26.9 Å². The summed E-state index contributed by atoms with van der Waals surface area (Å²) in [6, 6.07) is 6.56. The SMILES string of the molecule is O=C(NCCO)C(=O)NCC(c1cccs1)S(=O)(=O)c1cccs1. The van der Waals surface area contributed by atoms with Gasteiger partial charge in [-0.3, -0.25) is 9.59 Å². The van der Waals surface area contributed by atoms with Gasteiger partial charge in [0.25, 0.3) is 0 Å². The third-order valence-electron chi connectivity index (χ3n) is 3.06. The van der Waals surface area contributed by atoms with Crippen LogP contribution in [0.5, 0.6) is 0 Å². The van der Waals surface area contributed by atoms with Gasteiger partial charge in [-0.25, -0.2) is 8.42 Å². The second-order valence-electron chi connectivity index (χ2n) is 4.67. The van der Waals surface area contributed by atoms with Crippen LogP contribution in [-0.2, 0) is 19.4 Å². The summed E-state index contributed by atoms with van der Waals surface area (Å²) < 4.78 is 25.8. The van der Waals surface area contributed by atoms with Crippen molar-refractivity contribution in [1.29, 1.82) is 0 Å². The van der Waals surface area contributed by atoms with E-state index in [4.69, 9.17) is 5.11 Å². The molecule has 2 aromatic rings. The summed E-state index contributed by atoms with van der Waals surface area (Å²) in [5.74, 6) is -1.85. The van der Waals surface area contributed by atoms with Gasteiger partial charge in [0, 0.05) is 18.0 Å². The molecule has 0 spiro atoms. The van der Waals surface area contributed by atoms with Crippen LogP contribution in [0.4, 0.5) is 0 Å². The van der Waals surface area contributed by atoms with Crippen molar-refractivity contribution in [2.24, 2.45) is 0 Å². The Labute approximate surface area is 147 Å². The van der Waals surface area contributed by atoms with E-state index in [1.807, 2.05) is 0 Å². The lowest BCUT2D eigenvalue weighted by atomic mass is 10.3. The molecule has 0 saturated carbocycles. The average Bonchev–Trinajstić information content (AvgIpc) is 3.25. The second-order valence-corrected chi connectivity index (χ2v) is 8.95. The Bertz CT molecular complexity index is 769. The van der Waals surface area contributed by atoms with Crippen molar-refractivity contribution in [3.05, 3.63) is 39.9 Å². The Morgan fingerprint density at radius 3 is 2.33 bits per heavy atom. The first-order chi connectivity index (χ1) is 11.5. The molecule has 10 heteroatoms. The Morgan fingerprint density at radius 2 is 1.75 bits per heavy atom. The molecule has 2 heterocycles. The lowest BCUT2D eigenvalue weighted by Crippen LogP contribution is -2.42. The van der Waals surface area contributed by atoms with Gasteiger partial charge in [-0.15, -0.1) is 22.7 Å². The zero-order chi connectivity index (χ0) is 17.6. The van der Waals surface area contributed by atoms with Crippen molar-refractivity contribution in [1.82, 2.24) is 10.6 Å². The number of carbonyl (C=O) groups excluding carboxylic acids is 2. The maximum atomic E-state index is 12.8. The largest absolute Gasteiger partial charge is 0.395 e. The molecule has 0 aromatic carbocycles. The zero-order valence-electron chi connectivity index (χ0n) is 12.5. The number of hydrogen-bond donors (Lipinski definition) is 3. The molecule has 24 heavy (non-hydrogen) atoms. The number of sulfone groups is 1. The summed E-state index contributed by atoms with van der Waals surface area (Å²) in [5, 5.41) is 15.6. The van der Waals surface area contributed by atoms with Crippen molar-refractivity contribution < 1.29 is 23.1 Å². The van der Waals surface area contributed by atoms with Crippen LogP contribution in [-0.4, -0.2) is 45.0 Å². The first-order valence-corrected chi connectivity index (χ1v) is 10.2. The summed E-state index contributed by atoms with van der Waals surface area (Å²) in [7, 11) is -3.68. The molecule has 2 aromatic heterocycles. The quantitative estimate of drug-likeness (QED) is 0.600. The van der Waals surface area contributed by atoms with Crippen LogP contribution < -0.4 is 10.6 Å². The molecule has 1 unspecified atom stereocenters. The number of carbonyl (C=O) groups is 2. The smallest absolute Gasteiger partial charge is 0.309 e. The van der Waals surface area contributed by atoms with Gasteiger partial charge < -0.3 is 15.7 Å². The van der Waals surface area contributed by atoms with E-state index in [9.17, 15) is 18.0 Å². The highest BCUT2D eigenvalue weighted by atomic mass is 32.2. The Morgan fingerprint density at radius 1 is 1.08 bits per heavy atom. The normalized spacial score (nSPS) is 12.5. The van der Waals surface area contributed by atoms with Crippen molar-refractivity contribution >= 4 is 44.3 Å². The number of hydrogen-bond acceptors (Lipinski definition) is 7. The predicted octanol–water partition coefficient (Wildman–Crippen LogP) is 0.549. The monoisotopic (exact) mass is 388 g/mol. The van der Waals surface area contributed by atoms with Crippen LogP contribution in [0.25, 0.3) is 0 Å². The fourth-order valence-corrected chi connectivity index (χ4v) is 5.91. The molecule has 0 aliphatic carbocycles. The van der Waals surface area contributed by atoms with E-state index in [1.165, 1.54) is 17.4 Å². The molecule has 3 N–H and O–H groups in total. The zero-order valence-corrected chi connectivity index (χ0v) is 14.9. The molecule has 0 saturated heterocycles. The van der Waals surface area contributed by atoms with E-state index in [2.05, 4.69) is 10.6 Å². The summed E-state index contributed by atoms with van der Waals surface area (Å²) in [5.41, 5.74) is 0. The fraction of sp³-hybridized carbons (Fsp3) is 0.286. The van der Waals surface area contributed by atoms with Crippen molar-refractivity contribution in [3.8, 4) is 0 Å². The van der Waals surface area contributed by atoms with Crippen LogP contribution >= 0.6 is 22.7 Å². The molecule has 1 atom stereocenters. The van der Waals surface area contributed by atoms with E-state index in [0.29, 0.717) is 4.88 Å². The summed E-state index contributed by atoms with van der Waals surface area (Å²) in [6.07, 6.45) is 0. The maximum absolute atomic E-state index is 12.8. The lowest BCUT2D eigenvalue weighted by molar-refractivity contribution is -0.139. The lowest BCUT2D eigenvalue weighted by Gasteiger charge is -2.16. The third-order valence-corrected chi connectivity index (χ3v) is 7.71. The van der Waals surface area contributed by atoms with Crippen LogP contribution in [0.2, 0.25) is 0 Å². The average molecular weight is 388 g/mol. The molecule has 0 bridgehead atoms. The molecule has 7 nitrogen and oxygen atoms in total. The first-order valence-electron chi connectivity index (χ1n) is 6.94. The van der Waals surface area contributed by atoms with Crippen LogP contribution in [0, 0.1) is 0 Å². The minimum atomic E-state index is -3.68. The molecule has 0 radical (unpaired) electrons. The van der Waals surface area contributed by atoms with Gasteiger partial charge in [0.1, 0.15) is 9.46 Å². The van der Waals surface area contributed by atoms with Gasteiger partial charge in [0.05, 0.1) is 6.61 Å². The molecule has 0 fully saturated rings. The summed E-state index contributed by atoms with van der Waals surface area (Å²) in [4.78, 5) is 23.8. The number of nitrogens with one attached hydrogen (secondary N) is 2. The topological polar surface area (TPSA) is 113 Å². The van der Waals surface area contributed by atoms with Gasteiger partial charge >= 0.3 is 11.8 Å². The molecule has 130 valence electrons. The highest BCUT2D eigenvalue weighted by molar-refractivity contribution is 7.93. The standard InChI is InChI=1S/C14H16N2O5S3/c17-6-5-15-13(18)14(19)16-9-11(10-3-1-7-22-10)24(20,21)12-4-2-8-23-12/h1-4,7-8,11,17H,5-6,9H2,(H,15,18)(H,16,19). The molecule has 2 rings (SSSR count). The van der Waals surface area contributed by atoms with Crippen LogP contribution in [0.1, 0.15) is 10.1 Å². The fourth-order valence-electron chi connectivity index (χ4n) is 1.92. The van der Waals surface area contributed by atoms with Crippen molar-refractivity contribution in [3.63, 3.8) is 0 Å². The number of thiophene rings is 2. The van der Waals surface area contributed by atoms with Gasteiger partial charge in [0.2, 0.25) is 0 Å². The highest BCUT2D eigenvalue weighted by Gasteiger charge is 2.31. The Kier molecular flexibility index (Phi) is 6.49. The van der Waals surface area contributed by atoms with Gasteiger partial charge in [-0.1, -0.05) is 12.1 Å². The first kappa shape index (κ1) is 18.6. The highest BCUT2D eigenvalue weighted by Crippen LogP contribution is 2.33. The number of aliphatic hydroxyl groups is 1. The van der Waals surface area contributed by atoms with Crippen LogP contribution in [0.15, 0.2) is 39.2 Å². The molecular formula is C14H16N2O5S3. The number of aliphatic hydroxyl groups excluding tert-OH is 1. The minimum absolute atomic E-state index is 0.0475. The Hall–Kier alpha value is -1.75.